The predicted octanol–water partition coefficient (Wildman–Crippen LogP) is 2.61. The molecule has 0 aliphatic heterocycles. The van der Waals surface area contributed by atoms with Gasteiger partial charge < -0.3 is 4.74 Å². The third-order valence-corrected chi connectivity index (χ3v) is 2.01. The van der Waals surface area contributed by atoms with Crippen LogP contribution >= 0.6 is 0 Å². The maximum Gasteiger partial charge on any atom is 0.292 e. The number of pyridine rings is 1. The fraction of sp³-hybridized carbons (Fsp3) is 0. The number of benzene rings is 1. The molecular formula is C12H8N2O. The molecule has 3 heteroatoms. The minimum atomic E-state index is 0.546. The summed E-state index contributed by atoms with van der Waals surface area (Å²) in [6, 6.07) is 11.2. The number of ether oxygens (including phenoxy) is 1. The molecule has 1 heterocycles. The van der Waals surface area contributed by atoms with Crippen molar-refractivity contribution in [3.05, 3.63) is 48.8 Å². The standard InChI is InChI=1S/C12H8N2O/c13-9-15-12-5-3-10(4-6-12)11-2-1-7-14-8-11/h1-8H. The molecule has 72 valence electrons. The Labute approximate surface area is 87.6 Å². The van der Waals surface area contributed by atoms with Crippen molar-refractivity contribution in [1.29, 1.82) is 5.26 Å². The molecule has 15 heavy (non-hydrogen) atoms. The molecule has 0 radical (unpaired) electrons. The van der Waals surface area contributed by atoms with Gasteiger partial charge in [-0.1, -0.05) is 18.2 Å². The number of hydrogen-bond acceptors (Lipinski definition) is 3. The maximum atomic E-state index is 8.32. The Hall–Kier alpha value is -2.34. The Bertz CT molecular complexity index is 471. The monoisotopic (exact) mass is 196 g/mol. The van der Waals surface area contributed by atoms with Crippen LogP contribution in [0.3, 0.4) is 0 Å². The minimum Gasteiger partial charge on any atom is -0.388 e. The van der Waals surface area contributed by atoms with Crippen LogP contribution in [0.4, 0.5) is 0 Å². The van der Waals surface area contributed by atoms with Crippen molar-refractivity contribution < 1.29 is 4.74 Å². The van der Waals surface area contributed by atoms with Crippen LogP contribution in [0.5, 0.6) is 5.75 Å². The number of rotatable bonds is 2. The number of nitrogens with zero attached hydrogens (tertiary/aromatic N) is 2. The fourth-order valence-corrected chi connectivity index (χ4v) is 1.30. The van der Waals surface area contributed by atoms with Gasteiger partial charge in [0.2, 0.25) is 0 Å². The Balaban J connectivity index is 2.29. The van der Waals surface area contributed by atoms with E-state index in [1.165, 1.54) is 0 Å². The van der Waals surface area contributed by atoms with Crippen LogP contribution in [-0.2, 0) is 0 Å². The molecule has 0 saturated heterocycles. The first-order valence-corrected chi connectivity index (χ1v) is 4.46. The number of aromatic nitrogens is 1. The summed E-state index contributed by atoms with van der Waals surface area (Å²) in [5.41, 5.74) is 2.09. The molecule has 0 unspecified atom stereocenters. The van der Waals surface area contributed by atoms with Crippen LogP contribution < -0.4 is 4.74 Å². The molecule has 2 aromatic rings. The Morgan fingerprint density at radius 1 is 1.07 bits per heavy atom. The van der Waals surface area contributed by atoms with Gasteiger partial charge in [0, 0.05) is 12.4 Å². The predicted molar refractivity (Wildman–Crippen MR) is 55.9 cm³/mol. The third-order valence-electron chi connectivity index (χ3n) is 2.01. The van der Waals surface area contributed by atoms with Gasteiger partial charge in [-0.15, -0.1) is 5.26 Å². The summed E-state index contributed by atoms with van der Waals surface area (Å²) in [5.74, 6) is 0.546. The zero-order chi connectivity index (χ0) is 10.5. The van der Waals surface area contributed by atoms with Gasteiger partial charge in [-0.05, 0) is 29.3 Å². The molecule has 2 rings (SSSR count). The highest BCUT2D eigenvalue weighted by Gasteiger charge is 1.97. The molecule has 0 spiro atoms. The van der Waals surface area contributed by atoms with Crippen molar-refractivity contribution >= 4 is 0 Å². The van der Waals surface area contributed by atoms with Gasteiger partial charge in [0.1, 0.15) is 5.75 Å². The lowest BCUT2D eigenvalue weighted by atomic mass is 10.1. The molecule has 0 atom stereocenters. The summed E-state index contributed by atoms with van der Waals surface area (Å²) in [7, 11) is 0. The fourth-order valence-electron chi connectivity index (χ4n) is 1.30. The largest absolute Gasteiger partial charge is 0.388 e. The highest BCUT2D eigenvalue weighted by Crippen LogP contribution is 2.21. The summed E-state index contributed by atoms with van der Waals surface area (Å²) in [4.78, 5) is 4.04. The van der Waals surface area contributed by atoms with E-state index < -0.39 is 0 Å². The van der Waals surface area contributed by atoms with Crippen LogP contribution in [0.25, 0.3) is 11.1 Å². The summed E-state index contributed by atoms with van der Waals surface area (Å²) < 4.78 is 4.69. The van der Waals surface area contributed by atoms with E-state index in [2.05, 4.69) is 9.72 Å². The Kier molecular flexibility index (Phi) is 2.61. The van der Waals surface area contributed by atoms with Crippen molar-refractivity contribution in [2.45, 2.75) is 0 Å². The minimum absolute atomic E-state index is 0.546. The molecule has 0 N–H and O–H groups in total. The third kappa shape index (κ3) is 2.12. The van der Waals surface area contributed by atoms with Crippen molar-refractivity contribution in [1.82, 2.24) is 4.98 Å². The summed E-state index contributed by atoms with van der Waals surface area (Å²) in [6.07, 6.45) is 5.16. The van der Waals surface area contributed by atoms with Crippen LogP contribution in [0.2, 0.25) is 0 Å². The molecule has 0 saturated carbocycles. The topological polar surface area (TPSA) is 45.9 Å². The SMILES string of the molecule is N#COc1ccc(-c2cccnc2)cc1. The number of hydrogen-bond donors (Lipinski definition) is 0. The lowest BCUT2D eigenvalue weighted by molar-refractivity contribution is 0.507. The van der Waals surface area contributed by atoms with E-state index in [0.717, 1.165) is 11.1 Å². The first-order valence-electron chi connectivity index (χ1n) is 4.46. The van der Waals surface area contributed by atoms with Gasteiger partial charge in [0.05, 0.1) is 0 Å². The molecule has 0 amide bonds. The zero-order valence-corrected chi connectivity index (χ0v) is 7.92. The Morgan fingerprint density at radius 3 is 2.47 bits per heavy atom. The van der Waals surface area contributed by atoms with Gasteiger partial charge in [-0.25, -0.2) is 0 Å². The normalized spacial score (nSPS) is 9.27. The quantitative estimate of drug-likeness (QED) is 0.693. The molecule has 1 aromatic carbocycles. The van der Waals surface area contributed by atoms with E-state index in [-0.39, 0.29) is 0 Å². The average molecular weight is 196 g/mol. The van der Waals surface area contributed by atoms with Crippen molar-refractivity contribution in [2.24, 2.45) is 0 Å². The molecule has 0 fully saturated rings. The summed E-state index contributed by atoms with van der Waals surface area (Å²) >= 11 is 0. The lowest BCUT2D eigenvalue weighted by Crippen LogP contribution is -1.82. The first-order chi connectivity index (χ1) is 7.40. The van der Waals surface area contributed by atoms with E-state index in [0.29, 0.717) is 5.75 Å². The highest BCUT2D eigenvalue weighted by molar-refractivity contribution is 5.62. The van der Waals surface area contributed by atoms with Gasteiger partial charge in [0.25, 0.3) is 6.26 Å². The lowest BCUT2D eigenvalue weighted by Gasteiger charge is -2.01. The maximum absolute atomic E-state index is 8.32. The average Bonchev–Trinajstić information content (AvgIpc) is 2.32. The van der Waals surface area contributed by atoms with Crippen LogP contribution in [0, 0.1) is 11.5 Å². The molecule has 0 aliphatic rings. The summed E-state index contributed by atoms with van der Waals surface area (Å²) in [6.45, 7) is 0. The zero-order valence-electron chi connectivity index (χ0n) is 7.92. The van der Waals surface area contributed by atoms with Gasteiger partial charge in [-0.2, -0.15) is 0 Å². The molecule has 0 bridgehead atoms. The van der Waals surface area contributed by atoms with E-state index >= 15 is 0 Å². The molecule has 0 aliphatic carbocycles. The van der Waals surface area contributed by atoms with E-state index in [9.17, 15) is 0 Å². The van der Waals surface area contributed by atoms with Crippen molar-refractivity contribution in [3.8, 4) is 23.1 Å². The van der Waals surface area contributed by atoms with Crippen LogP contribution in [0.15, 0.2) is 48.8 Å². The van der Waals surface area contributed by atoms with E-state index in [1.54, 1.807) is 30.8 Å². The van der Waals surface area contributed by atoms with Crippen molar-refractivity contribution in [2.75, 3.05) is 0 Å². The smallest absolute Gasteiger partial charge is 0.292 e. The van der Waals surface area contributed by atoms with Crippen LogP contribution in [-0.4, -0.2) is 4.98 Å². The second kappa shape index (κ2) is 4.25. The second-order valence-corrected chi connectivity index (χ2v) is 2.96. The van der Waals surface area contributed by atoms with E-state index in [1.807, 2.05) is 24.3 Å². The number of nitriles is 1. The molecule has 3 nitrogen and oxygen atoms in total. The molecule has 1 aromatic heterocycles. The van der Waals surface area contributed by atoms with Gasteiger partial charge >= 0.3 is 0 Å². The van der Waals surface area contributed by atoms with Gasteiger partial charge in [-0.3, -0.25) is 4.98 Å². The van der Waals surface area contributed by atoms with Gasteiger partial charge in [0.15, 0.2) is 0 Å². The highest BCUT2D eigenvalue weighted by atomic mass is 16.5. The summed E-state index contributed by atoms with van der Waals surface area (Å²) in [5, 5.41) is 8.32. The first kappa shape index (κ1) is 9.22. The van der Waals surface area contributed by atoms with Crippen molar-refractivity contribution in [3.63, 3.8) is 0 Å². The molecular weight excluding hydrogens is 188 g/mol. The Morgan fingerprint density at radius 2 is 1.87 bits per heavy atom. The van der Waals surface area contributed by atoms with E-state index in [4.69, 9.17) is 5.26 Å². The van der Waals surface area contributed by atoms with Crippen LogP contribution in [0.1, 0.15) is 0 Å². The second-order valence-electron chi connectivity index (χ2n) is 2.96.